The van der Waals surface area contributed by atoms with Gasteiger partial charge in [-0.05, 0) is 12.1 Å². The minimum absolute atomic E-state index is 0. The Morgan fingerprint density at radius 2 is 1.00 bits per heavy atom. The van der Waals surface area contributed by atoms with Crippen LogP contribution in [-0.2, 0) is 20.2 Å². The van der Waals surface area contributed by atoms with Crippen molar-refractivity contribution < 1.29 is 129 Å². The third kappa shape index (κ3) is 5.73. The topological polar surface area (TPSA) is 166 Å². The van der Waals surface area contributed by atoms with Gasteiger partial charge in [-0.3, -0.25) is 0 Å². The summed E-state index contributed by atoms with van der Waals surface area (Å²) >= 11 is 0. The molecule has 1 aromatic carbocycles. The first kappa shape index (κ1) is 22.2. The maximum Gasteiger partial charge on any atom is 1.00 e. The molecule has 4 N–H and O–H groups in total. The maximum absolute atomic E-state index is 10.6. The van der Waals surface area contributed by atoms with E-state index < -0.39 is 41.4 Å². The Labute approximate surface area is 189 Å². The summed E-state index contributed by atoms with van der Waals surface area (Å²) in [7, 11) is -9.74. The molecule has 0 aliphatic rings. The van der Waals surface area contributed by atoms with Crippen molar-refractivity contribution in [2.45, 2.75) is 9.79 Å². The Bertz CT molecular complexity index is 585. The number of hydrogen-bond acceptors (Lipinski definition) is 8. The normalized spacial score (nSPS) is 11.2. The van der Waals surface area contributed by atoms with Gasteiger partial charge in [-0.15, -0.1) is 0 Å². The van der Waals surface area contributed by atoms with Gasteiger partial charge in [-0.2, -0.15) is 0 Å². The quantitative estimate of drug-likeness (QED) is 0.303. The molecule has 0 saturated heterocycles. The van der Waals surface area contributed by atoms with Crippen LogP contribution in [0.4, 0.5) is 11.4 Å². The van der Waals surface area contributed by atoms with Crippen LogP contribution in [0.15, 0.2) is 21.9 Å². The third-order valence-electron chi connectivity index (χ3n) is 1.68. The fraction of sp³-hybridized carbons (Fsp3) is 0. The summed E-state index contributed by atoms with van der Waals surface area (Å²) in [5.41, 5.74) is 8.99. The zero-order chi connectivity index (χ0) is 12.7. The van der Waals surface area contributed by atoms with E-state index in [1.165, 1.54) is 0 Å². The Kier molecular flexibility index (Phi) is 9.61. The Hall–Kier alpha value is 1.91. The largest absolute Gasteiger partial charge is 1.00 e. The standard InChI is InChI=1S/C6H8N2O6S2.2K/c7-3-1-5(15(9,10)11)4(8)2-6(3)16(12,13)14;;/h1-2H,7-8H2,(H,9,10,11)(H,12,13,14);;/q;2*+1/p-2. The predicted octanol–water partition coefficient (Wildman–Crippen LogP) is -7.33. The molecule has 0 aliphatic carbocycles. The molecule has 0 radical (unpaired) electrons. The van der Waals surface area contributed by atoms with E-state index in [1.54, 1.807) is 0 Å². The van der Waals surface area contributed by atoms with Crippen LogP contribution in [-0.4, -0.2) is 25.9 Å². The summed E-state index contributed by atoms with van der Waals surface area (Å²) in [6.07, 6.45) is 0. The van der Waals surface area contributed by atoms with Crippen molar-refractivity contribution in [1.29, 1.82) is 0 Å². The van der Waals surface area contributed by atoms with Crippen LogP contribution in [0.5, 0.6) is 0 Å². The Morgan fingerprint density at radius 3 is 1.17 bits per heavy atom. The smallest absolute Gasteiger partial charge is 0.744 e. The van der Waals surface area contributed by atoms with Crippen molar-refractivity contribution >= 4 is 31.6 Å². The number of nitrogen functional groups attached to an aromatic ring is 2. The summed E-state index contributed by atoms with van der Waals surface area (Å²) in [5, 5.41) is 0. The van der Waals surface area contributed by atoms with Gasteiger partial charge in [0.15, 0.2) is 0 Å². The molecule has 0 aliphatic heterocycles. The fourth-order valence-electron chi connectivity index (χ4n) is 1.02. The summed E-state index contributed by atoms with van der Waals surface area (Å²) in [5.74, 6) is 0. The van der Waals surface area contributed by atoms with E-state index in [0.717, 1.165) is 0 Å². The van der Waals surface area contributed by atoms with Crippen molar-refractivity contribution in [2.24, 2.45) is 0 Å². The Morgan fingerprint density at radius 1 is 0.778 bits per heavy atom. The summed E-state index contributed by atoms with van der Waals surface area (Å²) < 4.78 is 63.9. The summed E-state index contributed by atoms with van der Waals surface area (Å²) in [6, 6.07) is 1.09. The molecule has 0 atom stereocenters. The van der Waals surface area contributed by atoms with Crippen LogP contribution in [0.25, 0.3) is 0 Å². The van der Waals surface area contributed by atoms with Crippen molar-refractivity contribution in [2.75, 3.05) is 11.5 Å². The molecule has 1 aromatic rings. The summed E-state index contributed by atoms with van der Waals surface area (Å²) in [6.45, 7) is 0. The molecule has 0 fully saturated rings. The maximum atomic E-state index is 10.6. The van der Waals surface area contributed by atoms with Gasteiger partial charge >= 0.3 is 103 Å². The molecule has 0 heterocycles. The van der Waals surface area contributed by atoms with E-state index in [2.05, 4.69) is 0 Å². The number of benzene rings is 1. The van der Waals surface area contributed by atoms with Gasteiger partial charge < -0.3 is 20.6 Å². The molecule has 0 aromatic heterocycles. The number of rotatable bonds is 2. The zero-order valence-electron chi connectivity index (χ0n) is 9.58. The minimum atomic E-state index is -4.87. The van der Waals surface area contributed by atoms with Gasteiger partial charge in [0.2, 0.25) is 0 Å². The Balaban J connectivity index is 0. The van der Waals surface area contributed by atoms with Crippen molar-refractivity contribution in [3.8, 4) is 0 Å². The molecule has 1 rings (SSSR count). The average Bonchev–Trinajstić information content (AvgIpc) is 2.04. The fourth-order valence-corrected chi connectivity index (χ4v) is 2.26. The van der Waals surface area contributed by atoms with E-state index in [0.29, 0.717) is 12.1 Å². The van der Waals surface area contributed by atoms with Crippen molar-refractivity contribution in [3.05, 3.63) is 12.1 Å². The van der Waals surface area contributed by atoms with E-state index in [4.69, 9.17) is 11.5 Å². The van der Waals surface area contributed by atoms with Gasteiger partial charge in [0.25, 0.3) is 0 Å². The first-order valence-electron chi connectivity index (χ1n) is 3.64. The molecular weight excluding hydrogens is 338 g/mol. The van der Waals surface area contributed by atoms with Crippen LogP contribution in [0.2, 0.25) is 0 Å². The predicted molar refractivity (Wildman–Crippen MR) is 51.2 cm³/mol. The van der Waals surface area contributed by atoms with Crippen molar-refractivity contribution in [3.63, 3.8) is 0 Å². The molecule has 0 unspecified atom stereocenters. The second-order valence-corrected chi connectivity index (χ2v) is 5.53. The molecule has 0 amide bonds. The molecule has 0 bridgehead atoms. The molecule has 18 heavy (non-hydrogen) atoms. The molecular formula is C6H6K2N2O6S2. The second kappa shape index (κ2) is 7.79. The van der Waals surface area contributed by atoms with Crippen LogP contribution in [0.1, 0.15) is 0 Å². The molecule has 0 saturated carbocycles. The van der Waals surface area contributed by atoms with Crippen LogP contribution in [0, 0.1) is 0 Å². The van der Waals surface area contributed by atoms with Gasteiger partial charge in [0, 0.05) is 0 Å². The van der Waals surface area contributed by atoms with Gasteiger partial charge in [0.1, 0.15) is 20.2 Å². The van der Waals surface area contributed by atoms with E-state index in [-0.39, 0.29) is 103 Å². The number of hydrogen-bond donors (Lipinski definition) is 2. The van der Waals surface area contributed by atoms with Gasteiger partial charge in [-0.25, -0.2) is 16.8 Å². The zero-order valence-corrected chi connectivity index (χ0v) is 17.5. The van der Waals surface area contributed by atoms with Crippen LogP contribution < -0.4 is 114 Å². The number of nitrogens with two attached hydrogens (primary N) is 2. The first-order valence-corrected chi connectivity index (χ1v) is 6.46. The van der Waals surface area contributed by atoms with Gasteiger partial charge in [-0.1, -0.05) is 0 Å². The van der Waals surface area contributed by atoms with E-state index in [1.807, 2.05) is 0 Å². The SMILES string of the molecule is Nc1cc(S(=O)(=O)[O-])c(N)cc1S(=O)(=O)[O-].[K+].[K+]. The number of anilines is 2. The molecule has 0 spiro atoms. The van der Waals surface area contributed by atoms with E-state index in [9.17, 15) is 25.9 Å². The molecule has 12 heteroatoms. The monoisotopic (exact) mass is 344 g/mol. The summed E-state index contributed by atoms with van der Waals surface area (Å²) in [4.78, 5) is -1.73. The van der Waals surface area contributed by atoms with Crippen LogP contribution >= 0.6 is 0 Å². The average molecular weight is 344 g/mol. The minimum Gasteiger partial charge on any atom is -0.744 e. The van der Waals surface area contributed by atoms with Crippen LogP contribution in [0.3, 0.4) is 0 Å². The second-order valence-electron chi connectivity index (χ2n) is 2.84. The first-order chi connectivity index (χ1) is 7.03. The van der Waals surface area contributed by atoms with Gasteiger partial charge in [0.05, 0.1) is 21.2 Å². The third-order valence-corrected chi connectivity index (χ3v) is 3.47. The molecule has 8 nitrogen and oxygen atoms in total. The van der Waals surface area contributed by atoms with E-state index >= 15 is 0 Å². The molecule has 90 valence electrons. The van der Waals surface area contributed by atoms with Crippen molar-refractivity contribution in [1.82, 2.24) is 0 Å².